The Bertz CT molecular complexity index is 3740. The molecule has 0 radical (unpaired) electrons. The predicted octanol–water partition coefficient (Wildman–Crippen LogP) is 17.6. The SMILES string of the molecule is c1ccc(-c2ccc(N(c3ccc(-c4ccccc4)cc3)c3ccc(-c4ccc5c(c4)C4(c6ccccc6-c6ccccc64)c4cccc(-n6c7ccccc7c7ccccc76)c4-5)cc3)cc2)cc1. The summed E-state index contributed by atoms with van der Waals surface area (Å²) in [5.74, 6) is 0. The summed E-state index contributed by atoms with van der Waals surface area (Å²) in [5, 5.41) is 2.53. The van der Waals surface area contributed by atoms with Crippen LogP contribution >= 0.6 is 0 Å². The highest BCUT2D eigenvalue weighted by Crippen LogP contribution is 2.64. The quantitative estimate of drug-likeness (QED) is 0.155. The molecular weight excluding hydrogens is 833 g/mol. The van der Waals surface area contributed by atoms with Crippen LogP contribution in [0.4, 0.5) is 17.1 Å². The van der Waals surface area contributed by atoms with E-state index in [4.69, 9.17) is 0 Å². The number of nitrogens with zero attached hydrogens (tertiary/aromatic N) is 2. The van der Waals surface area contributed by atoms with Gasteiger partial charge in [0.25, 0.3) is 0 Å². The number of hydrogen-bond donors (Lipinski definition) is 0. The lowest BCUT2D eigenvalue weighted by molar-refractivity contribution is 0.793. The van der Waals surface area contributed by atoms with Gasteiger partial charge in [-0.25, -0.2) is 0 Å². The first-order valence-corrected chi connectivity index (χ1v) is 23.9. The number of hydrogen-bond acceptors (Lipinski definition) is 1. The van der Waals surface area contributed by atoms with Crippen LogP contribution in [0.25, 0.3) is 83.1 Å². The van der Waals surface area contributed by atoms with Crippen LogP contribution in [0.5, 0.6) is 0 Å². The van der Waals surface area contributed by atoms with Gasteiger partial charge in [0.05, 0.1) is 22.1 Å². The summed E-state index contributed by atoms with van der Waals surface area (Å²) in [6, 6.07) is 98.4. The van der Waals surface area contributed by atoms with E-state index in [-0.39, 0.29) is 0 Å². The van der Waals surface area contributed by atoms with Gasteiger partial charge in [-0.1, -0.05) is 206 Å². The summed E-state index contributed by atoms with van der Waals surface area (Å²) in [5.41, 5.74) is 24.1. The summed E-state index contributed by atoms with van der Waals surface area (Å²) in [4.78, 5) is 2.37. The molecule has 2 nitrogen and oxygen atoms in total. The highest BCUT2D eigenvalue weighted by Gasteiger charge is 2.52. The van der Waals surface area contributed by atoms with Gasteiger partial charge in [-0.3, -0.25) is 0 Å². The number of fused-ring (bicyclic) bond motifs is 13. The monoisotopic (exact) mass is 876 g/mol. The number of rotatable bonds is 7. The van der Waals surface area contributed by atoms with Gasteiger partial charge in [-0.2, -0.15) is 0 Å². The third-order valence-electron chi connectivity index (χ3n) is 14.8. The summed E-state index contributed by atoms with van der Waals surface area (Å²) < 4.78 is 2.50. The third-order valence-corrected chi connectivity index (χ3v) is 14.8. The molecule has 2 aliphatic rings. The molecule has 0 atom stereocenters. The Morgan fingerprint density at radius 3 is 1.20 bits per heavy atom. The van der Waals surface area contributed by atoms with Crippen LogP contribution < -0.4 is 4.90 Å². The second kappa shape index (κ2) is 15.6. The maximum Gasteiger partial charge on any atom is 0.0726 e. The standard InChI is InChI=1S/C67H44N2/c1-3-16-45(17-4-1)47-30-37-51(38-31-47)68(52-39-32-48(33-40-52)46-18-5-2-6-19-46)53-41-34-49(35-42-53)50-36-43-58-62(44-50)67(59-24-11-7-20-54(59)55-21-8-12-25-60(55)67)61-26-15-29-65(66(58)61)69-63-27-13-9-22-56(63)57-23-10-14-28-64(57)69/h1-44H. The molecule has 1 spiro atoms. The molecule has 322 valence electrons. The summed E-state index contributed by atoms with van der Waals surface area (Å²) in [6.07, 6.45) is 0. The van der Waals surface area contributed by atoms with Crippen molar-refractivity contribution < 1.29 is 0 Å². The van der Waals surface area contributed by atoms with Gasteiger partial charge in [0.2, 0.25) is 0 Å². The van der Waals surface area contributed by atoms with E-state index in [1.165, 1.54) is 105 Å². The molecular formula is C67H44N2. The Morgan fingerprint density at radius 1 is 0.275 bits per heavy atom. The van der Waals surface area contributed by atoms with Crippen LogP contribution in [0.1, 0.15) is 22.3 Å². The van der Waals surface area contributed by atoms with Crippen LogP contribution in [0.3, 0.4) is 0 Å². The van der Waals surface area contributed by atoms with Crippen LogP contribution in [0, 0.1) is 0 Å². The molecule has 0 bridgehead atoms. The number of benzene rings is 11. The first kappa shape index (κ1) is 39.2. The molecule has 1 heterocycles. The van der Waals surface area contributed by atoms with Crippen molar-refractivity contribution in [3.8, 4) is 61.3 Å². The fourth-order valence-electron chi connectivity index (χ4n) is 11.8. The summed E-state index contributed by atoms with van der Waals surface area (Å²) >= 11 is 0. The van der Waals surface area contributed by atoms with E-state index in [0.29, 0.717) is 0 Å². The van der Waals surface area contributed by atoms with E-state index in [9.17, 15) is 0 Å². The van der Waals surface area contributed by atoms with E-state index in [2.05, 4.69) is 276 Å². The van der Waals surface area contributed by atoms with Crippen molar-refractivity contribution in [3.05, 3.63) is 289 Å². The van der Waals surface area contributed by atoms with Crippen molar-refractivity contribution in [3.63, 3.8) is 0 Å². The number of anilines is 3. The second-order valence-corrected chi connectivity index (χ2v) is 18.4. The highest BCUT2D eigenvalue weighted by atomic mass is 15.1. The zero-order valence-corrected chi connectivity index (χ0v) is 37.8. The van der Waals surface area contributed by atoms with Gasteiger partial charge < -0.3 is 9.47 Å². The van der Waals surface area contributed by atoms with Gasteiger partial charge in [-0.15, -0.1) is 0 Å². The highest BCUT2D eigenvalue weighted by molar-refractivity contribution is 6.10. The zero-order valence-electron chi connectivity index (χ0n) is 37.8. The van der Waals surface area contributed by atoms with Gasteiger partial charge in [-0.05, 0) is 133 Å². The molecule has 69 heavy (non-hydrogen) atoms. The van der Waals surface area contributed by atoms with Crippen LogP contribution in [-0.2, 0) is 5.41 Å². The fourth-order valence-corrected chi connectivity index (χ4v) is 11.8. The van der Waals surface area contributed by atoms with Crippen molar-refractivity contribution in [1.29, 1.82) is 0 Å². The fraction of sp³-hybridized carbons (Fsp3) is 0.0149. The Balaban J connectivity index is 0.929. The first-order chi connectivity index (χ1) is 34.2. The maximum absolute atomic E-state index is 2.50. The largest absolute Gasteiger partial charge is 0.311 e. The molecule has 2 heteroatoms. The average molecular weight is 877 g/mol. The van der Waals surface area contributed by atoms with E-state index >= 15 is 0 Å². The minimum Gasteiger partial charge on any atom is -0.311 e. The predicted molar refractivity (Wildman–Crippen MR) is 288 cm³/mol. The molecule has 14 rings (SSSR count). The minimum absolute atomic E-state index is 0.503. The topological polar surface area (TPSA) is 8.17 Å². The van der Waals surface area contributed by atoms with Gasteiger partial charge in [0.1, 0.15) is 0 Å². The van der Waals surface area contributed by atoms with Crippen molar-refractivity contribution >= 4 is 38.9 Å². The number of para-hydroxylation sites is 2. The zero-order chi connectivity index (χ0) is 45.5. The Morgan fingerprint density at radius 2 is 0.681 bits per heavy atom. The second-order valence-electron chi connectivity index (χ2n) is 18.4. The van der Waals surface area contributed by atoms with Crippen molar-refractivity contribution in [1.82, 2.24) is 4.57 Å². The van der Waals surface area contributed by atoms with Crippen LogP contribution in [0.2, 0.25) is 0 Å². The molecule has 0 saturated heterocycles. The lowest BCUT2D eigenvalue weighted by atomic mass is 9.70. The van der Waals surface area contributed by atoms with E-state index < -0.39 is 5.41 Å². The van der Waals surface area contributed by atoms with E-state index in [0.717, 1.165) is 17.1 Å². The lowest BCUT2D eigenvalue weighted by Gasteiger charge is -2.31. The molecule has 0 aliphatic heterocycles. The van der Waals surface area contributed by atoms with Crippen LogP contribution in [0.15, 0.2) is 267 Å². The Labute approximate surface area is 402 Å². The number of aromatic nitrogens is 1. The molecule has 0 saturated carbocycles. The smallest absolute Gasteiger partial charge is 0.0726 e. The molecule has 11 aromatic carbocycles. The van der Waals surface area contributed by atoms with Crippen molar-refractivity contribution in [2.24, 2.45) is 0 Å². The molecule has 0 amide bonds. The summed E-state index contributed by atoms with van der Waals surface area (Å²) in [7, 11) is 0. The minimum atomic E-state index is -0.503. The van der Waals surface area contributed by atoms with Gasteiger partial charge in [0.15, 0.2) is 0 Å². The van der Waals surface area contributed by atoms with Crippen LogP contribution in [-0.4, -0.2) is 4.57 Å². The van der Waals surface area contributed by atoms with E-state index in [1.54, 1.807) is 0 Å². The molecule has 2 aliphatic carbocycles. The van der Waals surface area contributed by atoms with Crippen molar-refractivity contribution in [2.45, 2.75) is 5.41 Å². The molecule has 1 aromatic heterocycles. The third kappa shape index (κ3) is 5.92. The van der Waals surface area contributed by atoms with Gasteiger partial charge in [0, 0.05) is 33.4 Å². The molecule has 0 unspecified atom stereocenters. The normalized spacial score (nSPS) is 12.8. The lowest BCUT2D eigenvalue weighted by Crippen LogP contribution is -2.26. The maximum atomic E-state index is 2.50. The Kier molecular flexibility index (Phi) is 8.84. The van der Waals surface area contributed by atoms with Gasteiger partial charge >= 0.3 is 0 Å². The Hall–Kier alpha value is -8.98. The van der Waals surface area contributed by atoms with Crippen molar-refractivity contribution in [2.75, 3.05) is 4.90 Å². The molecule has 0 fully saturated rings. The molecule has 0 N–H and O–H groups in total. The average Bonchev–Trinajstić information content (AvgIpc) is 4.04. The van der Waals surface area contributed by atoms with E-state index in [1.807, 2.05) is 0 Å². The summed E-state index contributed by atoms with van der Waals surface area (Å²) in [6.45, 7) is 0. The molecule has 12 aromatic rings. The first-order valence-electron chi connectivity index (χ1n) is 23.9.